The van der Waals surface area contributed by atoms with Crippen molar-refractivity contribution < 1.29 is 38.6 Å². The zero-order chi connectivity index (χ0) is 43.4. The van der Waals surface area contributed by atoms with Crippen LogP contribution in [-0.4, -0.2) is 89.7 Å². The number of carbonyl (C=O) groups is 6. The van der Waals surface area contributed by atoms with Crippen molar-refractivity contribution in [3.8, 4) is 0 Å². The van der Waals surface area contributed by atoms with E-state index in [9.17, 15) is 33.9 Å². The summed E-state index contributed by atoms with van der Waals surface area (Å²) < 4.78 is 6.08. The minimum absolute atomic E-state index is 0.00870. The van der Waals surface area contributed by atoms with Gasteiger partial charge >= 0.3 is 5.97 Å². The summed E-state index contributed by atoms with van der Waals surface area (Å²) in [5, 5.41) is 18.1. The lowest BCUT2D eigenvalue weighted by atomic mass is 9.87. The van der Waals surface area contributed by atoms with Crippen molar-refractivity contribution in [3.05, 3.63) is 84.0 Å². The van der Waals surface area contributed by atoms with Crippen LogP contribution in [0.4, 0.5) is 0 Å². The summed E-state index contributed by atoms with van der Waals surface area (Å²) in [6.45, 7) is 14.8. The van der Waals surface area contributed by atoms with E-state index in [1.54, 1.807) is 19.2 Å². The molecule has 1 aliphatic rings. The van der Waals surface area contributed by atoms with Crippen molar-refractivity contribution in [2.45, 2.75) is 131 Å². The number of amides is 2. The number of ether oxygens (including phenoxy) is 1. The molecule has 6 unspecified atom stereocenters. The SMILES string of the molecule is CNC(C(=O)NC(Cc1ccccc1)C(=O)N1CCCC(C(=O)O[C@@H](C/C=C/C=C/CC(C)C(O)C(C=O)CCC(C)=O)/C(C)=C/C=C/C(=O)C(C)(C)C)N1)C(C)C. The lowest BCUT2D eigenvalue weighted by Crippen LogP contribution is -2.61. The van der Waals surface area contributed by atoms with Gasteiger partial charge in [-0.15, -0.1) is 0 Å². The number of Topliss-reactive ketones (excluding diaryl/α,β-unsaturated/α-hetero) is 1. The van der Waals surface area contributed by atoms with Gasteiger partial charge in [-0.3, -0.25) is 24.2 Å². The summed E-state index contributed by atoms with van der Waals surface area (Å²) in [4.78, 5) is 76.5. The summed E-state index contributed by atoms with van der Waals surface area (Å²) >= 11 is 0. The summed E-state index contributed by atoms with van der Waals surface area (Å²) in [7, 11) is 1.71. The molecule has 1 fully saturated rings. The van der Waals surface area contributed by atoms with Gasteiger partial charge in [0.2, 0.25) is 5.91 Å². The van der Waals surface area contributed by atoms with Crippen LogP contribution in [0.3, 0.4) is 0 Å². The van der Waals surface area contributed by atoms with E-state index < -0.39 is 47.6 Å². The number of aldehydes is 1. The van der Waals surface area contributed by atoms with E-state index in [4.69, 9.17) is 4.74 Å². The number of carbonyl (C=O) groups excluding carboxylic acids is 6. The van der Waals surface area contributed by atoms with Crippen molar-refractivity contribution in [2.75, 3.05) is 13.6 Å². The van der Waals surface area contributed by atoms with E-state index in [-0.39, 0.29) is 48.1 Å². The van der Waals surface area contributed by atoms with Crippen molar-refractivity contribution >= 4 is 35.6 Å². The molecule has 0 aromatic heterocycles. The topological polar surface area (TPSA) is 171 Å². The average molecular weight is 805 g/mol. The normalized spacial score (nSPS) is 18.5. The molecule has 12 nitrogen and oxygen atoms in total. The zero-order valence-electron chi connectivity index (χ0n) is 36.0. The number of hydrogen-bond acceptors (Lipinski definition) is 10. The van der Waals surface area contributed by atoms with Gasteiger partial charge in [0.15, 0.2) is 5.78 Å². The number of ketones is 2. The van der Waals surface area contributed by atoms with Gasteiger partial charge < -0.3 is 30.1 Å². The molecule has 1 saturated heterocycles. The number of aliphatic hydroxyl groups is 1. The third kappa shape index (κ3) is 17.1. The van der Waals surface area contributed by atoms with Crippen LogP contribution in [0.25, 0.3) is 0 Å². The minimum Gasteiger partial charge on any atom is -0.456 e. The van der Waals surface area contributed by atoms with E-state index in [0.29, 0.717) is 50.5 Å². The quantitative estimate of drug-likeness (QED) is 0.0476. The highest BCUT2D eigenvalue weighted by Gasteiger charge is 2.35. The predicted octanol–water partition coefficient (Wildman–Crippen LogP) is 5.56. The molecule has 0 bridgehead atoms. The third-order valence-electron chi connectivity index (χ3n) is 10.3. The second kappa shape index (κ2) is 25.1. The summed E-state index contributed by atoms with van der Waals surface area (Å²) in [6, 6.07) is 7.25. The van der Waals surface area contributed by atoms with Crippen LogP contribution >= 0.6 is 0 Å². The van der Waals surface area contributed by atoms with Crippen LogP contribution in [0.2, 0.25) is 0 Å². The Kier molecular flexibility index (Phi) is 21.5. The van der Waals surface area contributed by atoms with Crippen LogP contribution < -0.4 is 16.1 Å². The van der Waals surface area contributed by atoms with Crippen LogP contribution in [0.1, 0.15) is 99.5 Å². The molecule has 1 aliphatic heterocycles. The molecule has 4 N–H and O–H groups in total. The number of aliphatic hydroxyl groups excluding tert-OH is 1. The Balaban J connectivity index is 2.22. The number of rotatable bonds is 23. The number of likely N-dealkylation sites (N-methyl/N-ethyl adjacent to an activating group) is 1. The number of esters is 1. The van der Waals surface area contributed by atoms with Gasteiger partial charge in [0.25, 0.3) is 5.91 Å². The number of nitrogens with zero attached hydrogens (tertiary/aromatic N) is 1. The highest BCUT2D eigenvalue weighted by molar-refractivity contribution is 5.94. The first-order chi connectivity index (χ1) is 27.4. The molecule has 0 radical (unpaired) electrons. The Morgan fingerprint density at radius 3 is 2.24 bits per heavy atom. The Bertz CT molecular complexity index is 1630. The maximum Gasteiger partial charge on any atom is 0.325 e. The Morgan fingerprint density at radius 1 is 1.00 bits per heavy atom. The van der Waals surface area contributed by atoms with Crippen molar-refractivity contribution in [3.63, 3.8) is 0 Å². The standard InChI is InChI=1S/C46H68N4O8/c1-31(2)41(47-9)43(55)48-38(29-35-21-14-12-15-22-35)44(56)50-28-18-23-37(49-50)45(57)58-39(32(3)20-17-25-40(53)46(6,7)8)24-16-11-10-13-19-33(4)42(54)36(30-51)27-26-34(5)52/h10-17,20-22,25,30-31,33,36-39,41-42,47,49,54H,18-19,23-24,26-29H2,1-9H3,(H,48,55)/b13-10+,16-11+,25-17+,32-20+/t33?,36?,37?,38?,39-,41?,42?/m0/s1. The van der Waals surface area contributed by atoms with Crippen LogP contribution in [0, 0.1) is 23.2 Å². The molecule has 58 heavy (non-hydrogen) atoms. The third-order valence-corrected chi connectivity index (χ3v) is 10.3. The molecule has 12 heteroatoms. The molecule has 1 heterocycles. The summed E-state index contributed by atoms with van der Waals surface area (Å²) in [6.07, 6.45) is 14.1. The summed E-state index contributed by atoms with van der Waals surface area (Å²) in [5.74, 6) is -2.08. The van der Waals surface area contributed by atoms with Crippen molar-refractivity contribution in [1.29, 1.82) is 0 Å². The molecular weight excluding hydrogens is 737 g/mol. The Labute approximate surface area is 346 Å². The lowest BCUT2D eigenvalue weighted by molar-refractivity contribution is -0.156. The highest BCUT2D eigenvalue weighted by Crippen LogP contribution is 2.21. The summed E-state index contributed by atoms with van der Waals surface area (Å²) in [5.41, 5.74) is 4.13. The fraction of sp³-hybridized carbons (Fsp3) is 0.565. The fourth-order valence-electron chi connectivity index (χ4n) is 6.48. The first-order valence-electron chi connectivity index (χ1n) is 20.5. The molecule has 1 aromatic carbocycles. The number of hydrazine groups is 1. The van der Waals surface area contributed by atoms with E-state index >= 15 is 0 Å². The van der Waals surface area contributed by atoms with E-state index in [1.165, 1.54) is 18.0 Å². The van der Waals surface area contributed by atoms with Gasteiger partial charge in [0.1, 0.15) is 30.3 Å². The van der Waals surface area contributed by atoms with Crippen molar-refractivity contribution in [1.82, 2.24) is 21.1 Å². The molecule has 320 valence electrons. The van der Waals surface area contributed by atoms with Crippen LogP contribution in [0.5, 0.6) is 0 Å². The Hall–Kier alpha value is -4.52. The van der Waals surface area contributed by atoms with E-state index in [0.717, 1.165) is 5.56 Å². The number of nitrogens with one attached hydrogen (secondary N) is 3. The van der Waals surface area contributed by atoms with E-state index in [1.807, 2.05) is 103 Å². The van der Waals surface area contributed by atoms with Gasteiger partial charge in [0.05, 0.1) is 12.1 Å². The maximum absolute atomic E-state index is 14.0. The molecular formula is C46H68N4O8. The van der Waals surface area contributed by atoms with Gasteiger partial charge in [-0.25, -0.2) is 5.43 Å². The smallest absolute Gasteiger partial charge is 0.325 e. The largest absolute Gasteiger partial charge is 0.456 e. The zero-order valence-corrected chi connectivity index (χ0v) is 36.0. The number of hydrogen-bond donors (Lipinski definition) is 4. The molecule has 2 amide bonds. The van der Waals surface area contributed by atoms with Gasteiger partial charge in [0, 0.05) is 37.1 Å². The minimum atomic E-state index is -0.880. The van der Waals surface area contributed by atoms with E-state index in [2.05, 4.69) is 16.1 Å². The van der Waals surface area contributed by atoms with Crippen molar-refractivity contribution in [2.24, 2.45) is 23.2 Å². The van der Waals surface area contributed by atoms with Gasteiger partial charge in [-0.1, -0.05) is 108 Å². The maximum atomic E-state index is 14.0. The molecule has 7 atom stereocenters. The predicted molar refractivity (Wildman–Crippen MR) is 227 cm³/mol. The molecule has 0 saturated carbocycles. The average Bonchev–Trinajstić information content (AvgIpc) is 3.18. The molecule has 2 rings (SSSR count). The first-order valence-corrected chi connectivity index (χ1v) is 20.5. The molecule has 0 aliphatic carbocycles. The van der Waals surface area contributed by atoms with Gasteiger partial charge in [-0.05, 0) is 75.6 Å². The monoisotopic (exact) mass is 805 g/mol. The first kappa shape index (κ1) is 49.6. The number of allylic oxidation sites excluding steroid dienone is 6. The Morgan fingerprint density at radius 2 is 1.66 bits per heavy atom. The second-order valence-corrected chi connectivity index (χ2v) is 16.7. The molecule has 1 aromatic rings. The second-order valence-electron chi connectivity index (χ2n) is 16.7. The molecule has 0 spiro atoms. The van der Waals surface area contributed by atoms with Gasteiger partial charge in [-0.2, -0.15) is 0 Å². The van der Waals surface area contributed by atoms with Crippen LogP contribution in [-0.2, 0) is 39.9 Å². The fourth-order valence-corrected chi connectivity index (χ4v) is 6.48. The number of benzene rings is 1. The van der Waals surface area contributed by atoms with Crippen LogP contribution in [0.15, 0.2) is 78.4 Å². The lowest BCUT2D eigenvalue weighted by Gasteiger charge is -2.36. The highest BCUT2D eigenvalue weighted by atomic mass is 16.5.